The molecule has 0 aliphatic carbocycles. The molecule has 3 aromatic carbocycles. The highest BCUT2D eigenvalue weighted by atomic mass is 16.5. The number of methoxy groups -OCH3 is 1. The van der Waals surface area contributed by atoms with Crippen LogP contribution >= 0.6 is 0 Å². The standard InChI is InChI=1S/C22H18N2O4/c1-24-21(26)16-9-7-14(11-17(16)22(24)27)20(25)23-12-18-15-6-4-3-5-13(15)8-10-19(18)28-2/h3-11H,12H2,1-2H3,(H,23,25). The molecule has 0 saturated carbocycles. The summed E-state index contributed by atoms with van der Waals surface area (Å²) in [4.78, 5) is 37.8. The summed E-state index contributed by atoms with van der Waals surface area (Å²) in [6.07, 6.45) is 0. The van der Waals surface area contributed by atoms with Crippen LogP contribution in [0.3, 0.4) is 0 Å². The zero-order valence-corrected chi connectivity index (χ0v) is 15.5. The largest absolute Gasteiger partial charge is 0.496 e. The molecule has 1 aliphatic heterocycles. The van der Waals surface area contributed by atoms with Gasteiger partial charge in [0.25, 0.3) is 17.7 Å². The number of rotatable bonds is 4. The number of imide groups is 1. The summed E-state index contributed by atoms with van der Waals surface area (Å²) in [7, 11) is 3.02. The van der Waals surface area contributed by atoms with E-state index in [2.05, 4.69) is 5.32 Å². The van der Waals surface area contributed by atoms with Crippen molar-refractivity contribution < 1.29 is 19.1 Å². The molecule has 140 valence electrons. The summed E-state index contributed by atoms with van der Waals surface area (Å²) in [5.74, 6) is -0.388. The highest BCUT2D eigenvalue weighted by Gasteiger charge is 2.33. The van der Waals surface area contributed by atoms with Crippen LogP contribution in [0.15, 0.2) is 54.6 Å². The van der Waals surface area contributed by atoms with Gasteiger partial charge >= 0.3 is 0 Å². The van der Waals surface area contributed by atoms with Crippen molar-refractivity contribution in [2.75, 3.05) is 14.2 Å². The molecule has 0 saturated heterocycles. The molecule has 0 fully saturated rings. The number of hydrogen-bond acceptors (Lipinski definition) is 4. The van der Waals surface area contributed by atoms with E-state index in [9.17, 15) is 14.4 Å². The molecule has 6 heteroatoms. The zero-order chi connectivity index (χ0) is 19.8. The van der Waals surface area contributed by atoms with E-state index < -0.39 is 5.91 Å². The summed E-state index contributed by atoms with van der Waals surface area (Å²) in [6, 6.07) is 16.3. The second-order valence-corrected chi connectivity index (χ2v) is 6.58. The van der Waals surface area contributed by atoms with Gasteiger partial charge in [0.15, 0.2) is 0 Å². The third-order valence-electron chi connectivity index (χ3n) is 5.00. The molecule has 0 radical (unpaired) electrons. The van der Waals surface area contributed by atoms with Crippen molar-refractivity contribution in [3.8, 4) is 5.75 Å². The lowest BCUT2D eigenvalue weighted by Gasteiger charge is -2.13. The van der Waals surface area contributed by atoms with Crippen LogP contribution in [0.25, 0.3) is 10.8 Å². The Hall–Kier alpha value is -3.67. The molecular formula is C22H18N2O4. The maximum Gasteiger partial charge on any atom is 0.261 e. The molecule has 0 spiro atoms. The molecule has 1 aliphatic rings. The van der Waals surface area contributed by atoms with E-state index in [1.807, 2.05) is 36.4 Å². The Morgan fingerprint density at radius 2 is 1.75 bits per heavy atom. The van der Waals surface area contributed by atoms with Crippen LogP contribution in [-0.4, -0.2) is 36.8 Å². The Bertz CT molecular complexity index is 1140. The molecule has 4 rings (SSSR count). The lowest BCUT2D eigenvalue weighted by molar-refractivity contribution is 0.0693. The molecule has 3 amide bonds. The fourth-order valence-electron chi connectivity index (χ4n) is 3.46. The van der Waals surface area contributed by atoms with E-state index in [0.717, 1.165) is 21.2 Å². The molecule has 28 heavy (non-hydrogen) atoms. The Balaban J connectivity index is 1.61. The third kappa shape index (κ3) is 2.79. The molecule has 0 unspecified atom stereocenters. The van der Waals surface area contributed by atoms with Gasteiger partial charge in [0.1, 0.15) is 5.75 Å². The van der Waals surface area contributed by atoms with Gasteiger partial charge in [0, 0.05) is 24.7 Å². The Morgan fingerprint density at radius 1 is 1.00 bits per heavy atom. The second kappa shape index (κ2) is 6.81. The first-order valence-corrected chi connectivity index (χ1v) is 8.80. The molecule has 0 aromatic heterocycles. The first kappa shape index (κ1) is 17.7. The number of nitrogens with zero attached hydrogens (tertiary/aromatic N) is 1. The van der Waals surface area contributed by atoms with E-state index in [0.29, 0.717) is 16.9 Å². The SMILES string of the molecule is COc1ccc2ccccc2c1CNC(=O)c1ccc2c(c1)C(=O)N(C)C2=O. The van der Waals surface area contributed by atoms with Crippen LogP contribution in [-0.2, 0) is 6.54 Å². The van der Waals surface area contributed by atoms with Crippen LogP contribution in [0.1, 0.15) is 36.6 Å². The van der Waals surface area contributed by atoms with Gasteiger partial charge < -0.3 is 10.1 Å². The summed E-state index contributed by atoms with van der Waals surface area (Å²) in [6.45, 7) is 0.271. The van der Waals surface area contributed by atoms with E-state index in [-0.39, 0.29) is 23.9 Å². The molecular weight excluding hydrogens is 356 g/mol. The van der Waals surface area contributed by atoms with Crippen LogP contribution in [0.2, 0.25) is 0 Å². The maximum absolute atomic E-state index is 12.7. The second-order valence-electron chi connectivity index (χ2n) is 6.58. The van der Waals surface area contributed by atoms with Gasteiger partial charge in [-0.3, -0.25) is 19.3 Å². The number of ether oxygens (including phenoxy) is 1. The van der Waals surface area contributed by atoms with Crippen molar-refractivity contribution >= 4 is 28.5 Å². The maximum atomic E-state index is 12.7. The van der Waals surface area contributed by atoms with E-state index >= 15 is 0 Å². The smallest absolute Gasteiger partial charge is 0.261 e. The quantitative estimate of drug-likeness (QED) is 0.713. The van der Waals surface area contributed by atoms with Crippen molar-refractivity contribution in [2.45, 2.75) is 6.54 Å². The van der Waals surface area contributed by atoms with Crippen LogP contribution in [0.5, 0.6) is 5.75 Å². The van der Waals surface area contributed by atoms with Gasteiger partial charge in [-0.15, -0.1) is 0 Å². The van der Waals surface area contributed by atoms with Crippen molar-refractivity contribution in [1.82, 2.24) is 10.2 Å². The summed E-state index contributed by atoms with van der Waals surface area (Å²) in [5, 5.41) is 4.93. The van der Waals surface area contributed by atoms with E-state index in [1.165, 1.54) is 19.2 Å². The van der Waals surface area contributed by atoms with Gasteiger partial charge in [-0.05, 0) is 35.0 Å². The number of fused-ring (bicyclic) bond motifs is 2. The Morgan fingerprint density at radius 3 is 2.54 bits per heavy atom. The first-order chi connectivity index (χ1) is 13.5. The fourth-order valence-corrected chi connectivity index (χ4v) is 3.46. The van der Waals surface area contributed by atoms with Gasteiger partial charge in [-0.1, -0.05) is 30.3 Å². The lowest BCUT2D eigenvalue weighted by Crippen LogP contribution is -2.24. The minimum atomic E-state index is -0.398. The normalized spacial score (nSPS) is 13.0. The monoisotopic (exact) mass is 374 g/mol. The lowest BCUT2D eigenvalue weighted by atomic mass is 10.0. The van der Waals surface area contributed by atoms with Crippen LogP contribution in [0.4, 0.5) is 0 Å². The van der Waals surface area contributed by atoms with E-state index in [4.69, 9.17) is 4.74 Å². The molecule has 6 nitrogen and oxygen atoms in total. The minimum Gasteiger partial charge on any atom is -0.496 e. The number of nitrogens with one attached hydrogen (secondary N) is 1. The van der Waals surface area contributed by atoms with Crippen molar-refractivity contribution in [1.29, 1.82) is 0 Å². The van der Waals surface area contributed by atoms with Gasteiger partial charge in [0.05, 0.1) is 18.2 Å². The van der Waals surface area contributed by atoms with Crippen molar-refractivity contribution in [3.63, 3.8) is 0 Å². The Labute approximate surface area is 161 Å². The highest BCUT2D eigenvalue weighted by molar-refractivity contribution is 6.21. The van der Waals surface area contributed by atoms with Gasteiger partial charge in [-0.2, -0.15) is 0 Å². The summed E-state index contributed by atoms with van der Waals surface area (Å²) >= 11 is 0. The number of amides is 3. The summed E-state index contributed by atoms with van der Waals surface area (Å²) < 4.78 is 5.45. The van der Waals surface area contributed by atoms with Crippen LogP contribution < -0.4 is 10.1 Å². The van der Waals surface area contributed by atoms with Gasteiger partial charge in [0.2, 0.25) is 0 Å². The third-order valence-corrected chi connectivity index (χ3v) is 5.00. The molecule has 1 heterocycles. The summed E-state index contributed by atoms with van der Waals surface area (Å²) in [5.41, 5.74) is 1.78. The van der Waals surface area contributed by atoms with Crippen molar-refractivity contribution in [2.24, 2.45) is 0 Å². The number of carbonyl (C=O) groups excluding carboxylic acids is 3. The number of benzene rings is 3. The average molecular weight is 374 g/mol. The Kier molecular flexibility index (Phi) is 4.31. The molecule has 1 N–H and O–H groups in total. The molecule has 0 atom stereocenters. The minimum absolute atomic E-state index is 0.253. The zero-order valence-electron chi connectivity index (χ0n) is 15.5. The van der Waals surface area contributed by atoms with E-state index in [1.54, 1.807) is 13.2 Å². The first-order valence-electron chi connectivity index (χ1n) is 8.80. The fraction of sp³-hybridized carbons (Fsp3) is 0.136. The van der Waals surface area contributed by atoms with Crippen molar-refractivity contribution in [3.05, 3.63) is 76.9 Å². The number of hydrogen-bond donors (Lipinski definition) is 1. The topological polar surface area (TPSA) is 75.7 Å². The molecule has 3 aromatic rings. The van der Waals surface area contributed by atoms with Crippen LogP contribution in [0, 0.1) is 0 Å². The predicted octanol–water partition coefficient (Wildman–Crippen LogP) is 3.00. The number of carbonyl (C=O) groups is 3. The van der Waals surface area contributed by atoms with Gasteiger partial charge in [-0.25, -0.2) is 0 Å². The predicted molar refractivity (Wildman–Crippen MR) is 105 cm³/mol. The highest BCUT2D eigenvalue weighted by Crippen LogP contribution is 2.28. The molecule has 0 bridgehead atoms. The average Bonchev–Trinajstić information content (AvgIpc) is 2.95.